The van der Waals surface area contributed by atoms with Gasteiger partial charge in [-0.15, -0.1) is 0 Å². The first-order valence-electron chi connectivity index (χ1n) is 10.1. The third-order valence-corrected chi connectivity index (χ3v) is 6.19. The van der Waals surface area contributed by atoms with Crippen LogP contribution in [0.1, 0.15) is 53.0 Å². The van der Waals surface area contributed by atoms with E-state index in [0.717, 1.165) is 29.9 Å². The van der Waals surface area contributed by atoms with Crippen LogP contribution in [0, 0.1) is 19.8 Å². The third kappa shape index (κ3) is 4.95. The van der Waals surface area contributed by atoms with Gasteiger partial charge in [-0.05, 0) is 64.4 Å². The Kier molecular flexibility index (Phi) is 6.78. The van der Waals surface area contributed by atoms with Gasteiger partial charge in [-0.2, -0.15) is 5.10 Å². The van der Waals surface area contributed by atoms with E-state index in [-0.39, 0.29) is 11.9 Å². The van der Waals surface area contributed by atoms with Gasteiger partial charge in [0.05, 0.1) is 23.0 Å². The molecule has 1 aliphatic carbocycles. The number of nitrogens with zero attached hydrogens (tertiary/aromatic N) is 3. The molecule has 3 rings (SSSR count). The van der Waals surface area contributed by atoms with E-state index in [4.69, 9.17) is 11.6 Å². The SMILES string of the molecule is Cc1nn(Cc2cccc(C(=O)NC3CCCCC3CN(C)C)c2)c(C)c1Cl. The van der Waals surface area contributed by atoms with Crippen molar-refractivity contribution in [1.82, 2.24) is 20.0 Å². The van der Waals surface area contributed by atoms with Crippen LogP contribution >= 0.6 is 11.6 Å². The molecule has 0 aliphatic heterocycles. The first kappa shape index (κ1) is 20.9. The fraction of sp³-hybridized carbons (Fsp3) is 0.545. The summed E-state index contributed by atoms with van der Waals surface area (Å²) >= 11 is 6.25. The molecule has 2 atom stereocenters. The average molecular weight is 403 g/mol. The van der Waals surface area contributed by atoms with Gasteiger partial charge in [-0.1, -0.05) is 36.6 Å². The van der Waals surface area contributed by atoms with Crippen LogP contribution in [0.2, 0.25) is 5.02 Å². The number of carbonyl (C=O) groups excluding carboxylic acids is 1. The van der Waals surface area contributed by atoms with Gasteiger partial charge in [0.25, 0.3) is 5.91 Å². The molecule has 1 N–H and O–H groups in total. The lowest BCUT2D eigenvalue weighted by molar-refractivity contribution is 0.0895. The molecule has 0 bridgehead atoms. The highest BCUT2D eigenvalue weighted by Crippen LogP contribution is 2.25. The molecule has 1 aliphatic rings. The lowest BCUT2D eigenvalue weighted by atomic mass is 9.84. The summed E-state index contributed by atoms with van der Waals surface area (Å²) in [7, 11) is 4.20. The molecular formula is C22H31ClN4O. The first-order chi connectivity index (χ1) is 13.3. The summed E-state index contributed by atoms with van der Waals surface area (Å²) in [6, 6.07) is 8.06. The van der Waals surface area contributed by atoms with Crippen LogP contribution in [0.5, 0.6) is 0 Å². The summed E-state index contributed by atoms with van der Waals surface area (Å²) in [4.78, 5) is 15.1. The minimum Gasteiger partial charge on any atom is -0.349 e. The molecule has 2 unspecified atom stereocenters. The number of amides is 1. The van der Waals surface area contributed by atoms with Crippen molar-refractivity contribution in [3.8, 4) is 0 Å². The molecule has 2 aromatic rings. The number of hydrogen-bond donors (Lipinski definition) is 1. The van der Waals surface area contributed by atoms with Crippen molar-refractivity contribution >= 4 is 17.5 Å². The maximum Gasteiger partial charge on any atom is 0.251 e. The summed E-state index contributed by atoms with van der Waals surface area (Å²) in [5, 5.41) is 8.49. The minimum absolute atomic E-state index is 0.0175. The molecule has 28 heavy (non-hydrogen) atoms. The molecular weight excluding hydrogens is 372 g/mol. The summed E-state index contributed by atoms with van der Waals surface area (Å²) < 4.78 is 1.89. The van der Waals surface area contributed by atoms with Crippen molar-refractivity contribution in [2.24, 2.45) is 5.92 Å². The molecule has 1 fully saturated rings. The fourth-order valence-electron chi connectivity index (χ4n) is 4.15. The van der Waals surface area contributed by atoms with E-state index in [9.17, 15) is 4.79 Å². The number of nitrogens with one attached hydrogen (secondary N) is 1. The summed E-state index contributed by atoms with van der Waals surface area (Å²) in [5.74, 6) is 0.539. The van der Waals surface area contributed by atoms with Crippen LogP contribution in [-0.4, -0.2) is 47.3 Å². The van der Waals surface area contributed by atoms with Gasteiger partial charge in [0.1, 0.15) is 0 Å². The lowest BCUT2D eigenvalue weighted by Crippen LogP contribution is -2.45. The van der Waals surface area contributed by atoms with E-state index in [1.54, 1.807) is 0 Å². The second kappa shape index (κ2) is 9.10. The van der Waals surface area contributed by atoms with Gasteiger partial charge in [-0.25, -0.2) is 0 Å². The van der Waals surface area contributed by atoms with Gasteiger partial charge in [0, 0.05) is 18.2 Å². The number of benzene rings is 1. The molecule has 1 saturated carbocycles. The number of aromatic nitrogens is 2. The summed E-state index contributed by atoms with van der Waals surface area (Å²) in [6.07, 6.45) is 4.69. The van der Waals surface area contributed by atoms with Crippen molar-refractivity contribution in [3.63, 3.8) is 0 Å². The molecule has 1 aromatic carbocycles. The maximum absolute atomic E-state index is 12.9. The van der Waals surface area contributed by atoms with Gasteiger partial charge < -0.3 is 10.2 Å². The average Bonchev–Trinajstić information content (AvgIpc) is 2.90. The minimum atomic E-state index is 0.0175. The van der Waals surface area contributed by atoms with Crippen LogP contribution in [-0.2, 0) is 6.54 Å². The quantitative estimate of drug-likeness (QED) is 0.792. The van der Waals surface area contributed by atoms with Crippen LogP contribution in [0.15, 0.2) is 24.3 Å². The van der Waals surface area contributed by atoms with Crippen molar-refractivity contribution in [1.29, 1.82) is 0 Å². The van der Waals surface area contributed by atoms with Gasteiger partial charge in [0.2, 0.25) is 0 Å². The smallest absolute Gasteiger partial charge is 0.251 e. The largest absolute Gasteiger partial charge is 0.349 e. The van der Waals surface area contributed by atoms with Gasteiger partial charge in [0.15, 0.2) is 0 Å². The Morgan fingerprint density at radius 1 is 1.29 bits per heavy atom. The zero-order valence-electron chi connectivity index (χ0n) is 17.3. The third-order valence-electron chi connectivity index (χ3n) is 5.64. The van der Waals surface area contributed by atoms with Crippen molar-refractivity contribution in [2.75, 3.05) is 20.6 Å². The van der Waals surface area contributed by atoms with Gasteiger partial charge in [-0.3, -0.25) is 9.48 Å². The normalized spacial score (nSPS) is 19.8. The number of hydrogen-bond acceptors (Lipinski definition) is 3. The highest BCUT2D eigenvalue weighted by molar-refractivity contribution is 6.31. The van der Waals surface area contributed by atoms with E-state index >= 15 is 0 Å². The van der Waals surface area contributed by atoms with E-state index in [1.807, 2.05) is 42.8 Å². The Morgan fingerprint density at radius 2 is 2.04 bits per heavy atom. The van der Waals surface area contributed by atoms with E-state index in [0.29, 0.717) is 23.0 Å². The molecule has 1 aromatic heterocycles. The first-order valence-corrected chi connectivity index (χ1v) is 10.5. The molecule has 1 amide bonds. The molecule has 0 spiro atoms. The standard InChI is InChI=1S/C22H31ClN4O/c1-15-21(23)16(2)27(25-15)13-17-8-7-10-18(12-17)22(28)24-20-11-6-5-9-19(20)14-26(3)4/h7-8,10,12,19-20H,5-6,9,11,13-14H2,1-4H3,(H,24,28). The van der Waals surface area contributed by atoms with E-state index in [1.165, 1.54) is 19.3 Å². The van der Waals surface area contributed by atoms with Crippen LogP contribution in [0.3, 0.4) is 0 Å². The van der Waals surface area contributed by atoms with Crippen LogP contribution in [0.4, 0.5) is 0 Å². The Labute approximate surface area is 173 Å². The molecule has 1 heterocycles. The molecule has 152 valence electrons. The fourth-order valence-corrected chi connectivity index (χ4v) is 4.29. The Bertz CT molecular complexity index is 830. The molecule has 5 nitrogen and oxygen atoms in total. The van der Waals surface area contributed by atoms with Crippen molar-refractivity contribution < 1.29 is 4.79 Å². The number of aryl methyl sites for hydroxylation is 1. The maximum atomic E-state index is 12.9. The summed E-state index contributed by atoms with van der Waals surface area (Å²) in [6.45, 7) is 5.49. The van der Waals surface area contributed by atoms with Crippen LogP contribution < -0.4 is 5.32 Å². The molecule has 6 heteroatoms. The van der Waals surface area contributed by atoms with E-state index < -0.39 is 0 Å². The summed E-state index contributed by atoms with van der Waals surface area (Å²) in [5.41, 5.74) is 3.53. The zero-order chi connectivity index (χ0) is 20.3. The Morgan fingerprint density at radius 3 is 2.71 bits per heavy atom. The number of halogens is 1. The number of rotatable bonds is 6. The Balaban J connectivity index is 1.70. The predicted molar refractivity (Wildman–Crippen MR) is 114 cm³/mol. The number of carbonyl (C=O) groups is 1. The zero-order valence-corrected chi connectivity index (χ0v) is 18.1. The van der Waals surface area contributed by atoms with E-state index in [2.05, 4.69) is 29.4 Å². The predicted octanol–water partition coefficient (Wildman–Crippen LogP) is 4.05. The highest BCUT2D eigenvalue weighted by Gasteiger charge is 2.27. The lowest BCUT2D eigenvalue weighted by Gasteiger charge is -2.34. The molecule has 0 saturated heterocycles. The molecule has 0 radical (unpaired) electrons. The van der Waals surface area contributed by atoms with Crippen LogP contribution in [0.25, 0.3) is 0 Å². The Hall–Kier alpha value is -1.85. The van der Waals surface area contributed by atoms with Gasteiger partial charge >= 0.3 is 0 Å². The van der Waals surface area contributed by atoms with Crippen molar-refractivity contribution in [2.45, 2.75) is 52.1 Å². The second-order valence-corrected chi connectivity index (χ2v) is 8.61. The second-order valence-electron chi connectivity index (χ2n) is 8.23. The van der Waals surface area contributed by atoms with Crippen molar-refractivity contribution in [3.05, 3.63) is 51.8 Å². The topological polar surface area (TPSA) is 50.2 Å². The highest BCUT2D eigenvalue weighted by atomic mass is 35.5. The monoisotopic (exact) mass is 402 g/mol.